The van der Waals surface area contributed by atoms with Crippen LogP contribution in [0.25, 0.3) is 61.2 Å². The second-order valence-electron chi connectivity index (χ2n) is 23.9. The maximum Gasteiger partial charge on any atom is 0.268 e. The molecule has 0 bridgehead atoms. The number of imidazole rings is 1. The van der Waals surface area contributed by atoms with Gasteiger partial charge < -0.3 is 13.9 Å². The minimum atomic E-state index is -2.23. The number of para-hydroxylation sites is 2. The van der Waals surface area contributed by atoms with Crippen LogP contribution in [-0.4, -0.2) is 14.1 Å². The molecule has 1 spiro atoms. The minimum Gasteiger partial charge on any atom is -0.510 e. The van der Waals surface area contributed by atoms with Crippen LogP contribution in [0.15, 0.2) is 140 Å². The number of pyridine rings is 1. The normalized spacial score (nSPS) is 14.7. The number of fused-ring (bicyclic) bond motifs is 12. The molecule has 0 fully saturated rings. The Hall–Kier alpha value is -6.55. The molecule has 5 nitrogen and oxygen atoms in total. The fourth-order valence-electron chi connectivity index (χ4n) is 11.6. The van der Waals surface area contributed by atoms with E-state index in [0.717, 1.165) is 61.2 Å². The van der Waals surface area contributed by atoms with Crippen molar-refractivity contribution >= 4 is 32.8 Å². The number of hydrogen-bond acceptors (Lipinski definition) is 2. The van der Waals surface area contributed by atoms with Crippen molar-refractivity contribution in [2.24, 2.45) is 0 Å². The topological polar surface area (TPSA) is 35.9 Å². The van der Waals surface area contributed by atoms with Crippen molar-refractivity contribution in [2.75, 3.05) is 0 Å². The molecule has 0 saturated carbocycles. The first-order chi connectivity index (χ1) is 34.8. The Kier molecular flexibility index (Phi) is 9.96. The quantitative estimate of drug-likeness (QED) is 0.130. The molecule has 0 saturated heterocycles. The third-order valence-electron chi connectivity index (χ3n) is 15.1. The molecule has 0 unspecified atom stereocenters. The van der Waals surface area contributed by atoms with E-state index in [0.29, 0.717) is 17.1 Å². The van der Waals surface area contributed by atoms with E-state index < -0.39 is 12.3 Å². The van der Waals surface area contributed by atoms with E-state index in [1.54, 1.807) is 12.1 Å². The summed E-state index contributed by atoms with van der Waals surface area (Å²) in [7, 11) is 0. The minimum absolute atomic E-state index is 0. The van der Waals surface area contributed by atoms with E-state index >= 15 is 0 Å². The molecule has 1 aliphatic carbocycles. The Labute approximate surface area is 444 Å². The summed E-state index contributed by atoms with van der Waals surface area (Å²) in [5.74, 6) is 1.89. The van der Waals surface area contributed by atoms with Crippen LogP contribution in [0, 0.1) is 25.3 Å². The molecule has 0 radical (unpaired) electrons. The molecular formula is C66H62N4OPt-2. The van der Waals surface area contributed by atoms with Crippen LogP contribution < -0.4 is 9.30 Å². The van der Waals surface area contributed by atoms with Crippen LogP contribution in [-0.2, 0) is 48.1 Å². The van der Waals surface area contributed by atoms with Gasteiger partial charge in [-0.15, -0.1) is 35.2 Å². The molecule has 6 heteroatoms. The zero-order chi connectivity index (χ0) is 52.2. The maximum absolute atomic E-state index is 8.17. The van der Waals surface area contributed by atoms with Crippen LogP contribution in [0.2, 0.25) is 0 Å². The number of aryl methyl sites for hydroxylation is 1. The number of ether oxygens (including phenoxy) is 1. The third kappa shape index (κ3) is 7.12. The number of rotatable bonds is 4. The first kappa shape index (κ1) is 44.2. The van der Waals surface area contributed by atoms with E-state index in [9.17, 15) is 0 Å². The van der Waals surface area contributed by atoms with Crippen molar-refractivity contribution in [3.05, 3.63) is 208 Å². The van der Waals surface area contributed by atoms with Crippen molar-refractivity contribution in [3.63, 3.8) is 0 Å². The Bertz CT molecular complexity index is 3870. The standard InChI is InChI=1S/C66H62N4O.Pt/c1-40-24-26-43(27-25-40)68-39-69-57-38-45(71-44-28-30-47-46-19-14-15-21-54(46)70(56(47)37-44)58-23-16-17-32-67-58)29-31-50(57)66(51-20-18-22-55(68)61(51)69)59-48(33-41(62(2,3)4)35-52(59)64(8,9)10)49-34-42(63(5,6)7)36-53(60(49)66)65(11,12)13;/h14-36H,1-13H3;/q-2;/i1D3;. The zero-order valence-electron chi connectivity index (χ0n) is 46.3. The number of hydrogen-bond donors (Lipinski definition) is 0. The average molecular weight is 1130 g/mol. The van der Waals surface area contributed by atoms with Gasteiger partial charge in [0.15, 0.2) is 0 Å². The molecule has 0 atom stereocenters. The van der Waals surface area contributed by atoms with Crippen LogP contribution in [0.4, 0.5) is 0 Å². The molecule has 7 aromatic carbocycles. The summed E-state index contributed by atoms with van der Waals surface area (Å²) < 4.78 is 37.9. The van der Waals surface area contributed by atoms with Crippen molar-refractivity contribution < 1.29 is 34.5 Å². The van der Waals surface area contributed by atoms with Crippen molar-refractivity contribution in [1.82, 2.24) is 14.1 Å². The molecule has 4 heterocycles. The SMILES string of the molecule is [2H]C([2H])([2H])c1ccc(-[n+]2[c-]n3c4c(cccc42)C2(c4ccc(Oc5[c-]c6c(cc5)c5ccccc5n6-c5ccccn5)[c-]c4-3)c3c(cc(C(C)(C)C)cc3C(C)(C)C)-c3cc(C(C)(C)C)cc(C(C)(C)C)c32)cc1.[Pt]. The monoisotopic (exact) mass is 1120 g/mol. The van der Waals surface area contributed by atoms with E-state index in [-0.39, 0.29) is 42.7 Å². The van der Waals surface area contributed by atoms with Crippen molar-refractivity contribution in [1.29, 1.82) is 0 Å². The average Bonchev–Trinajstić information content (AvgIpc) is 3.99. The smallest absolute Gasteiger partial charge is 0.268 e. The molecular weight excluding hydrogens is 1060 g/mol. The van der Waals surface area contributed by atoms with Crippen molar-refractivity contribution in [2.45, 2.75) is 117 Å². The van der Waals surface area contributed by atoms with Gasteiger partial charge in [0.1, 0.15) is 5.82 Å². The van der Waals surface area contributed by atoms with Crippen LogP contribution in [0.1, 0.15) is 137 Å². The fraction of sp³-hybridized carbons (Fsp3) is 0.273. The van der Waals surface area contributed by atoms with Gasteiger partial charge in [0.2, 0.25) is 0 Å². The molecule has 1 aliphatic heterocycles. The second-order valence-corrected chi connectivity index (χ2v) is 23.9. The Morgan fingerprint density at radius 3 is 1.83 bits per heavy atom. The third-order valence-corrected chi connectivity index (χ3v) is 15.1. The Morgan fingerprint density at radius 1 is 0.597 bits per heavy atom. The van der Waals surface area contributed by atoms with Crippen LogP contribution >= 0.6 is 0 Å². The number of aromatic nitrogens is 4. The molecule has 2 aliphatic rings. The van der Waals surface area contributed by atoms with Gasteiger partial charge >= 0.3 is 0 Å². The molecule has 364 valence electrons. The van der Waals surface area contributed by atoms with E-state index in [2.05, 4.69) is 200 Å². The predicted molar refractivity (Wildman–Crippen MR) is 290 cm³/mol. The Balaban J connectivity index is 0.00000602. The predicted octanol–water partition coefficient (Wildman–Crippen LogP) is 15.8. The second kappa shape index (κ2) is 16.2. The van der Waals surface area contributed by atoms with Gasteiger partial charge in [0.25, 0.3) is 6.33 Å². The molecule has 0 amide bonds. The number of benzene rings is 7. The van der Waals surface area contributed by atoms with Gasteiger partial charge in [-0.3, -0.25) is 4.57 Å². The van der Waals surface area contributed by atoms with Crippen molar-refractivity contribution in [3.8, 4) is 39.8 Å². The number of nitrogens with zero attached hydrogens (tertiary/aromatic N) is 4. The summed E-state index contributed by atoms with van der Waals surface area (Å²) in [6.07, 6.45) is 5.62. The van der Waals surface area contributed by atoms with E-state index in [4.69, 9.17) is 13.8 Å². The van der Waals surface area contributed by atoms with Gasteiger partial charge in [0.05, 0.1) is 16.7 Å². The van der Waals surface area contributed by atoms with Gasteiger partial charge in [-0.05, 0) is 120 Å². The van der Waals surface area contributed by atoms with Crippen LogP contribution in [0.3, 0.4) is 0 Å². The molecule has 3 aromatic heterocycles. The van der Waals surface area contributed by atoms with E-state index in [1.165, 1.54) is 44.5 Å². The summed E-state index contributed by atoms with van der Waals surface area (Å²) in [6, 6.07) is 54.3. The maximum atomic E-state index is 8.17. The first-order valence-electron chi connectivity index (χ1n) is 26.5. The molecule has 10 aromatic rings. The van der Waals surface area contributed by atoms with Gasteiger partial charge in [-0.2, -0.15) is 12.1 Å². The largest absolute Gasteiger partial charge is 0.510 e. The summed E-state index contributed by atoms with van der Waals surface area (Å²) in [5.41, 5.74) is 16.7. The van der Waals surface area contributed by atoms with E-state index in [1.807, 2.05) is 42.6 Å². The zero-order valence-corrected chi connectivity index (χ0v) is 45.6. The van der Waals surface area contributed by atoms with Gasteiger partial charge in [-0.25, -0.2) is 4.98 Å². The fourth-order valence-corrected chi connectivity index (χ4v) is 11.6. The Morgan fingerprint density at radius 2 is 1.22 bits per heavy atom. The molecule has 12 rings (SSSR count). The molecule has 0 N–H and O–H groups in total. The summed E-state index contributed by atoms with van der Waals surface area (Å²) in [5, 5.41) is 2.17. The summed E-state index contributed by atoms with van der Waals surface area (Å²) in [4.78, 5) is 4.76. The summed E-state index contributed by atoms with van der Waals surface area (Å²) >= 11 is 0. The van der Waals surface area contributed by atoms with Gasteiger partial charge in [-0.1, -0.05) is 173 Å². The first-order valence-corrected chi connectivity index (χ1v) is 25.0. The van der Waals surface area contributed by atoms with Gasteiger partial charge in [0, 0.05) is 53.8 Å². The summed E-state index contributed by atoms with van der Waals surface area (Å²) in [6.45, 7) is 25.9. The molecule has 72 heavy (non-hydrogen) atoms. The van der Waals surface area contributed by atoms with Crippen LogP contribution in [0.5, 0.6) is 11.5 Å².